The molecule has 0 spiro atoms. The van der Waals surface area contributed by atoms with E-state index in [1.54, 1.807) is 7.11 Å². The third kappa shape index (κ3) is 3.62. The molecule has 0 aromatic heterocycles. The number of carbonyl (C=O) groups excluding carboxylic acids is 1. The first-order valence-electron chi connectivity index (χ1n) is 7.32. The summed E-state index contributed by atoms with van der Waals surface area (Å²) < 4.78 is 5.35. The van der Waals surface area contributed by atoms with Crippen LogP contribution in [-0.2, 0) is 0 Å². The zero-order chi connectivity index (χ0) is 17.9. The van der Waals surface area contributed by atoms with E-state index in [0.717, 1.165) is 11.1 Å². The van der Waals surface area contributed by atoms with Crippen molar-refractivity contribution in [3.05, 3.63) is 63.2 Å². The Kier molecular flexibility index (Phi) is 5.03. The van der Waals surface area contributed by atoms with E-state index in [2.05, 4.69) is 5.32 Å². The van der Waals surface area contributed by atoms with Crippen molar-refractivity contribution >= 4 is 17.3 Å². The molecule has 3 N–H and O–H groups in total. The van der Waals surface area contributed by atoms with Gasteiger partial charge in [0.05, 0.1) is 18.1 Å². The maximum absolute atomic E-state index is 11.3. The van der Waals surface area contributed by atoms with Crippen LogP contribution in [0.15, 0.2) is 36.4 Å². The molecule has 0 saturated heterocycles. The highest BCUT2D eigenvalue weighted by molar-refractivity contribution is 5.94. The van der Waals surface area contributed by atoms with E-state index in [4.69, 9.17) is 10.5 Å². The minimum Gasteiger partial charge on any atom is -0.496 e. The molecule has 2 aromatic rings. The number of methoxy groups -OCH3 is 1. The number of rotatable bonds is 6. The number of nitrogens with zero attached hydrogens (tertiary/aromatic N) is 1. The van der Waals surface area contributed by atoms with Gasteiger partial charge in [-0.2, -0.15) is 0 Å². The molecule has 0 aliphatic rings. The molecule has 0 radical (unpaired) electrons. The molecule has 2 rings (SSSR count). The Bertz CT molecular complexity index is 789. The fourth-order valence-electron chi connectivity index (χ4n) is 2.46. The summed E-state index contributed by atoms with van der Waals surface area (Å²) >= 11 is 0. The van der Waals surface area contributed by atoms with E-state index in [1.165, 1.54) is 18.2 Å². The highest BCUT2D eigenvalue weighted by atomic mass is 16.6. The molecule has 0 aliphatic carbocycles. The Morgan fingerprint density at radius 3 is 2.58 bits per heavy atom. The van der Waals surface area contributed by atoms with Crippen molar-refractivity contribution in [1.82, 2.24) is 0 Å². The predicted molar refractivity (Wildman–Crippen MR) is 91.4 cm³/mol. The van der Waals surface area contributed by atoms with Gasteiger partial charge in [0.25, 0.3) is 5.69 Å². The standard InChI is InChI=1S/C17H19N3O4/c1-10-4-7-16(24-3)13(8-10)11(2)19-14-6-5-12(17(18)21)9-15(14)20(22)23/h4-9,11,19H,1-3H3,(H2,18,21)/t11-/m0/s1. The number of hydrogen-bond acceptors (Lipinski definition) is 5. The molecule has 0 fully saturated rings. The molecule has 2 aromatic carbocycles. The van der Waals surface area contributed by atoms with Gasteiger partial charge in [-0.15, -0.1) is 0 Å². The number of anilines is 1. The van der Waals surface area contributed by atoms with Crippen molar-refractivity contribution in [1.29, 1.82) is 0 Å². The number of carbonyl (C=O) groups is 1. The number of nitrogens with one attached hydrogen (secondary N) is 1. The van der Waals surface area contributed by atoms with Crippen molar-refractivity contribution in [2.24, 2.45) is 5.73 Å². The molecule has 0 unspecified atom stereocenters. The zero-order valence-corrected chi connectivity index (χ0v) is 13.7. The number of nitrogens with two attached hydrogens (primary N) is 1. The molecule has 1 amide bonds. The monoisotopic (exact) mass is 329 g/mol. The van der Waals surface area contributed by atoms with Crippen LogP contribution in [0.3, 0.4) is 0 Å². The van der Waals surface area contributed by atoms with Gasteiger partial charge in [0, 0.05) is 17.2 Å². The largest absolute Gasteiger partial charge is 0.496 e. The van der Waals surface area contributed by atoms with Crippen LogP contribution in [0.25, 0.3) is 0 Å². The van der Waals surface area contributed by atoms with Crippen molar-refractivity contribution in [2.75, 3.05) is 12.4 Å². The Balaban J connectivity index is 2.38. The summed E-state index contributed by atoms with van der Waals surface area (Å²) in [6, 6.07) is 9.62. The molecular weight excluding hydrogens is 310 g/mol. The molecule has 1 atom stereocenters. The molecule has 0 heterocycles. The van der Waals surface area contributed by atoms with Crippen molar-refractivity contribution in [3.8, 4) is 5.75 Å². The summed E-state index contributed by atoms with van der Waals surface area (Å²) in [5, 5.41) is 14.4. The number of amides is 1. The Morgan fingerprint density at radius 1 is 1.29 bits per heavy atom. The van der Waals surface area contributed by atoms with E-state index in [9.17, 15) is 14.9 Å². The minimum atomic E-state index is -0.710. The van der Waals surface area contributed by atoms with Gasteiger partial charge in [-0.1, -0.05) is 17.7 Å². The summed E-state index contributed by atoms with van der Waals surface area (Å²) in [4.78, 5) is 21.9. The summed E-state index contributed by atoms with van der Waals surface area (Å²) in [5.74, 6) is -0.0185. The molecule has 7 nitrogen and oxygen atoms in total. The lowest BCUT2D eigenvalue weighted by Gasteiger charge is -2.19. The lowest BCUT2D eigenvalue weighted by molar-refractivity contribution is -0.384. The lowest BCUT2D eigenvalue weighted by atomic mass is 10.0. The summed E-state index contributed by atoms with van der Waals surface area (Å²) in [5.41, 5.74) is 7.31. The number of primary amides is 1. The molecule has 0 aliphatic heterocycles. The van der Waals surface area contributed by atoms with E-state index in [-0.39, 0.29) is 17.3 Å². The van der Waals surface area contributed by atoms with Crippen LogP contribution >= 0.6 is 0 Å². The van der Waals surface area contributed by atoms with Crippen LogP contribution in [-0.4, -0.2) is 17.9 Å². The average Bonchev–Trinajstić information content (AvgIpc) is 2.54. The SMILES string of the molecule is COc1ccc(C)cc1[C@H](C)Nc1ccc(C(N)=O)cc1[N+](=O)[O-]. The van der Waals surface area contributed by atoms with Gasteiger partial charge >= 0.3 is 0 Å². The number of nitro groups is 1. The third-order valence-corrected chi connectivity index (χ3v) is 3.70. The van der Waals surface area contributed by atoms with Crippen molar-refractivity contribution in [2.45, 2.75) is 19.9 Å². The molecule has 0 saturated carbocycles. The third-order valence-electron chi connectivity index (χ3n) is 3.70. The van der Waals surface area contributed by atoms with Crippen molar-refractivity contribution < 1.29 is 14.5 Å². The number of hydrogen-bond donors (Lipinski definition) is 2. The molecule has 126 valence electrons. The minimum absolute atomic E-state index is 0.0908. The summed E-state index contributed by atoms with van der Waals surface area (Å²) in [7, 11) is 1.57. The summed E-state index contributed by atoms with van der Waals surface area (Å²) in [6.07, 6.45) is 0. The van der Waals surface area contributed by atoms with Crippen molar-refractivity contribution in [3.63, 3.8) is 0 Å². The second kappa shape index (κ2) is 6.99. The van der Waals surface area contributed by atoms with Gasteiger partial charge in [0.1, 0.15) is 11.4 Å². The maximum atomic E-state index is 11.3. The molecule has 0 bridgehead atoms. The first-order valence-corrected chi connectivity index (χ1v) is 7.32. The van der Waals surface area contributed by atoms with Crippen LogP contribution in [0, 0.1) is 17.0 Å². The smallest absolute Gasteiger partial charge is 0.293 e. The Hall–Kier alpha value is -3.09. The second-order valence-electron chi connectivity index (χ2n) is 5.46. The van der Waals surface area contributed by atoms with E-state index >= 15 is 0 Å². The van der Waals surface area contributed by atoms with Gasteiger partial charge in [-0.3, -0.25) is 14.9 Å². The summed E-state index contributed by atoms with van der Waals surface area (Å²) in [6.45, 7) is 3.84. The second-order valence-corrected chi connectivity index (χ2v) is 5.46. The highest BCUT2D eigenvalue weighted by Crippen LogP contribution is 2.32. The van der Waals surface area contributed by atoms with Gasteiger partial charge in [-0.05, 0) is 32.0 Å². The van der Waals surface area contributed by atoms with E-state index in [1.807, 2.05) is 32.0 Å². The number of nitro benzene ring substituents is 1. The van der Waals surface area contributed by atoms with E-state index in [0.29, 0.717) is 11.4 Å². The zero-order valence-electron chi connectivity index (χ0n) is 13.7. The molecule has 24 heavy (non-hydrogen) atoms. The van der Waals surface area contributed by atoms with Gasteiger partial charge in [0.15, 0.2) is 0 Å². The van der Waals surface area contributed by atoms with Crippen LogP contribution in [0.1, 0.15) is 34.5 Å². The van der Waals surface area contributed by atoms with Gasteiger partial charge in [-0.25, -0.2) is 0 Å². The van der Waals surface area contributed by atoms with Crippen LogP contribution < -0.4 is 15.8 Å². The number of benzene rings is 2. The quantitative estimate of drug-likeness (QED) is 0.625. The number of aryl methyl sites for hydroxylation is 1. The lowest BCUT2D eigenvalue weighted by Crippen LogP contribution is -2.13. The maximum Gasteiger partial charge on any atom is 0.293 e. The van der Waals surface area contributed by atoms with Crippen LogP contribution in [0.5, 0.6) is 5.75 Å². The number of ether oxygens (including phenoxy) is 1. The normalized spacial score (nSPS) is 11.6. The molecular formula is C17H19N3O4. The van der Waals surface area contributed by atoms with Crippen LogP contribution in [0.4, 0.5) is 11.4 Å². The first kappa shape index (κ1) is 17.3. The predicted octanol–water partition coefficient (Wildman–Crippen LogP) is 3.18. The van der Waals surface area contributed by atoms with Gasteiger partial charge < -0.3 is 15.8 Å². The first-order chi connectivity index (χ1) is 11.3. The fourth-order valence-corrected chi connectivity index (χ4v) is 2.46. The Labute approximate surface area is 139 Å². The highest BCUT2D eigenvalue weighted by Gasteiger charge is 2.20. The van der Waals surface area contributed by atoms with Gasteiger partial charge in [0.2, 0.25) is 5.91 Å². The van der Waals surface area contributed by atoms with E-state index < -0.39 is 10.8 Å². The molecule has 7 heteroatoms. The fraction of sp³-hybridized carbons (Fsp3) is 0.235. The Morgan fingerprint density at radius 2 is 2.00 bits per heavy atom. The average molecular weight is 329 g/mol. The van der Waals surface area contributed by atoms with Crippen LogP contribution in [0.2, 0.25) is 0 Å². The topological polar surface area (TPSA) is 107 Å².